The van der Waals surface area contributed by atoms with Crippen molar-refractivity contribution in [1.29, 1.82) is 0 Å². The van der Waals surface area contributed by atoms with Crippen LogP contribution in [0.4, 0.5) is 0 Å². The highest BCUT2D eigenvalue weighted by molar-refractivity contribution is 5.72. The van der Waals surface area contributed by atoms with Crippen molar-refractivity contribution >= 4 is 23.9 Å². The lowest BCUT2D eigenvalue weighted by molar-refractivity contribution is -0.143. The van der Waals surface area contributed by atoms with Gasteiger partial charge in [-0.3, -0.25) is 33.9 Å². The minimum Gasteiger partial charge on any atom is -0.494 e. The molecule has 1 unspecified atom stereocenters. The third kappa shape index (κ3) is 13.0. The van der Waals surface area contributed by atoms with E-state index in [1.807, 2.05) is 19.1 Å². The highest BCUT2D eigenvalue weighted by atomic mass is 16.5. The van der Waals surface area contributed by atoms with Crippen LogP contribution >= 0.6 is 0 Å². The van der Waals surface area contributed by atoms with Crippen molar-refractivity contribution in [2.24, 2.45) is 0 Å². The summed E-state index contributed by atoms with van der Waals surface area (Å²) in [6.45, 7) is 0.311. The van der Waals surface area contributed by atoms with Gasteiger partial charge >= 0.3 is 23.9 Å². The quantitative estimate of drug-likeness (QED) is 0.146. The van der Waals surface area contributed by atoms with Crippen LogP contribution in [0.3, 0.4) is 0 Å². The van der Waals surface area contributed by atoms with Crippen LogP contribution in [0.2, 0.25) is 0 Å². The van der Waals surface area contributed by atoms with Gasteiger partial charge in [0.15, 0.2) is 0 Å². The summed E-state index contributed by atoms with van der Waals surface area (Å²) in [6, 6.07) is 6.66. The molecule has 13 nitrogen and oxygen atoms in total. The molecule has 13 heteroatoms. The molecule has 0 aliphatic rings. The summed E-state index contributed by atoms with van der Waals surface area (Å²) in [5.41, 5.74) is 0.838. The average Bonchev–Trinajstić information content (AvgIpc) is 2.76. The number of hydrogen-bond donors (Lipinski definition) is 5. The fraction of sp³-hybridized carbons (Fsp3) is 0.565. The molecule has 202 valence electrons. The van der Waals surface area contributed by atoms with Crippen molar-refractivity contribution in [3.8, 4) is 5.75 Å². The van der Waals surface area contributed by atoms with E-state index in [0.717, 1.165) is 5.56 Å². The van der Waals surface area contributed by atoms with Crippen molar-refractivity contribution in [2.75, 3.05) is 65.6 Å². The maximum Gasteiger partial charge on any atom is 0.317 e. The zero-order chi connectivity index (χ0) is 27.1. The second kappa shape index (κ2) is 16.4. The normalized spacial score (nSPS) is 12.1. The molecule has 0 aliphatic heterocycles. The molecule has 0 aliphatic carbocycles. The monoisotopic (exact) mass is 513 g/mol. The lowest BCUT2D eigenvalue weighted by atomic mass is 10.0. The van der Waals surface area contributed by atoms with E-state index in [2.05, 4.69) is 0 Å². The molecule has 1 aromatic carbocycles. The van der Waals surface area contributed by atoms with Gasteiger partial charge in [-0.1, -0.05) is 12.1 Å². The van der Waals surface area contributed by atoms with E-state index in [0.29, 0.717) is 18.8 Å². The zero-order valence-corrected chi connectivity index (χ0v) is 20.3. The molecule has 0 bridgehead atoms. The SMILES string of the molecule is CCOc1ccc(CC(CN(CCN(CC(=O)O)CC(=O)O)CC(=O)O)N(CCO)CC(=O)O)cc1. The van der Waals surface area contributed by atoms with Crippen LogP contribution in [-0.4, -0.2) is 136 Å². The zero-order valence-electron chi connectivity index (χ0n) is 20.3. The Balaban J connectivity index is 3.13. The highest BCUT2D eigenvalue weighted by Crippen LogP contribution is 2.16. The summed E-state index contributed by atoms with van der Waals surface area (Å²) in [5, 5.41) is 46.4. The maximum absolute atomic E-state index is 11.5. The molecule has 1 aromatic rings. The number of aliphatic carboxylic acids is 4. The minimum absolute atomic E-state index is 0.0272. The number of aliphatic hydroxyl groups is 1. The van der Waals surface area contributed by atoms with Crippen molar-refractivity contribution in [3.05, 3.63) is 29.8 Å². The Hall–Kier alpha value is -3.26. The molecular weight excluding hydrogens is 478 g/mol. The topological polar surface area (TPSA) is 188 Å². The third-order valence-electron chi connectivity index (χ3n) is 5.23. The van der Waals surface area contributed by atoms with Gasteiger partial charge in [0.1, 0.15) is 5.75 Å². The first kappa shape index (κ1) is 30.8. The van der Waals surface area contributed by atoms with Gasteiger partial charge in [0.2, 0.25) is 0 Å². The Kier molecular flexibility index (Phi) is 14.0. The average molecular weight is 514 g/mol. The van der Waals surface area contributed by atoms with Crippen molar-refractivity contribution in [1.82, 2.24) is 14.7 Å². The minimum atomic E-state index is -1.22. The van der Waals surface area contributed by atoms with E-state index < -0.39 is 49.6 Å². The number of nitrogens with zero attached hydrogens (tertiary/aromatic N) is 3. The summed E-state index contributed by atoms with van der Waals surface area (Å²) in [5.74, 6) is -4.03. The van der Waals surface area contributed by atoms with E-state index >= 15 is 0 Å². The van der Waals surface area contributed by atoms with Gasteiger partial charge in [-0.2, -0.15) is 0 Å². The first-order valence-corrected chi connectivity index (χ1v) is 11.4. The molecule has 36 heavy (non-hydrogen) atoms. The van der Waals surface area contributed by atoms with Crippen molar-refractivity contribution in [2.45, 2.75) is 19.4 Å². The highest BCUT2D eigenvalue weighted by Gasteiger charge is 2.25. The van der Waals surface area contributed by atoms with Gasteiger partial charge in [-0.05, 0) is 31.0 Å². The Morgan fingerprint density at radius 1 is 0.778 bits per heavy atom. The number of rotatable bonds is 20. The van der Waals surface area contributed by atoms with Gasteiger partial charge in [0.25, 0.3) is 0 Å². The maximum atomic E-state index is 11.5. The summed E-state index contributed by atoms with van der Waals surface area (Å²) < 4.78 is 5.44. The molecule has 5 N–H and O–H groups in total. The Morgan fingerprint density at radius 3 is 1.75 bits per heavy atom. The van der Waals surface area contributed by atoms with E-state index in [1.165, 1.54) is 9.80 Å². The first-order valence-electron chi connectivity index (χ1n) is 11.4. The van der Waals surface area contributed by atoms with E-state index in [1.54, 1.807) is 17.0 Å². The van der Waals surface area contributed by atoms with Crippen LogP contribution in [0, 0.1) is 0 Å². The predicted molar refractivity (Wildman–Crippen MR) is 127 cm³/mol. The number of ether oxygens (including phenoxy) is 1. The molecule has 1 atom stereocenters. The van der Waals surface area contributed by atoms with Crippen molar-refractivity contribution in [3.63, 3.8) is 0 Å². The van der Waals surface area contributed by atoms with Crippen LogP contribution < -0.4 is 4.74 Å². The smallest absolute Gasteiger partial charge is 0.317 e. The Bertz CT molecular complexity index is 833. The number of hydrogen-bond acceptors (Lipinski definition) is 9. The van der Waals surface area contributed by atoms with Gasteiger partial charge in [-0.15, -0.1) is 0 Å². The lowest BCUT2D eigenvalue weighted by Crippen LogP contribution is -2.51. The molecule has 0 fully saturated rings. The number of carboxylic acids is 4. The molecule has 0 amide bonds. The number of carboxylic acid groups (broad SMARTS) is 4. The van der Waals surface area contributed by atoms with Gasteiger partial charge in [0.05, 0.1) is 39.4 Å². The summed E-state index contributed by atoms with van der Waals surface area (Å²) in [6.07, 6.45) is 0.337. The largest absolute Gasteiger partial charge is 0.494 e. The summed E-state index contributed by atoms with van der Waals surface area (Å²) in [4.78, 5) is 49.4. The van der Waals surface area contributed by atoms with E-state index in [4.69, 9.17) is 14.9 Å². The van der Waals surface area contributed by atoms with E-state index in [9.17, 15) is 34.5 Å². The van der Waals surface area contributed by atoms with Crippen LogP contribution in [0.5, 0.6) is 5.75 Å². The summed E-state index contributed by atoms with van der Waals surface area (Å²) in [7, 11) is 0. The van der Waals surface area contributed by atoms with Gasteiger partial charge < -0.3 is 30.3 Å². The molecule has 1 rings (SSSR count). The van der Waals surface area contributed by atoms with Gasteiger partial charge in [0, 0.05) is 32.2 Å². The Labute approximate surface area is 209 Å². The number of carbonyl (C=O) groups is 4. The molecular formula is C23H35N3O10. The second-order valence-corrected chi connectivity index (χ2v) is 8.15. The van der Waals surface area contributed by atoms with Crippen LogP contribution in [-0.2, 0) is 25.6 Å². The van der Waals surface area contributed by atoms with Crippen molar-refractivity contribution < 1.29 is 49.4 Å². The van der Waals surface area contributed by atoms with Gasteiger partial charge in [-0.25, -0.2) is 0 Å². The standard InChI is InChI=1S/C23H35N3O10/c1-2-36-19-5-3-17(4-6-19)11-18(26(9-10-27)16-23(34)35)12-24(13-20(28)29)7-8-25(14-21(30)31)15-22(32)33/h3-6,18,27H,2,7-16H2,1H3,(H,28,29)(H,30,31)(H,32,33)(H,34,35). The molecule has 0 saturated carbocycles. The van der Waals surface area contributed by atoms with Crippen LogP contribution in [0.25, 0.3) is 0 Å². The molecule has 0 saturated heterocycles. The summed E-state index contributed by atoms with van der Waals surface area (Å²) >= 11 is 0. The first-order chi connectivity index (χ1) is 17.0. The molecule has 0 spiro atoms. The third-order valence-corrected chi connectivity index (χ3v) is 5.23. The molecule has 0 radical (unpaired) electrons. The fourth-order valence-electron chi connectivity index (χ4n) is 3.77. The molecule has 0 heterocycles. The Morgan fingerprint density at radius 2 is 1.28 bits per heavy atom. The van der Waals surface area contributed by atoms with Crippen LogP contribution in [0.1, 0.15) is 12.5 Å². The molecule has 0 aromatic heterocycles. The second-order valence-electron chi connectivity index (χ2n) is 8.15. The predicted octanol–water partition coefficient (Wildman–Crippen LogP) is -0.767. The lowest BCUT2D eigenvalue weighted by Gasteiger charge is -2.35. The fourth-order valence-corrected chi connectivity index (χ4v) is 3.77. The number of aliphatic hydroxyl groups excluding tert-OH is 1. The van der Waals surface area contributed by atoms with Crippen LogP contribution in [0.15, 0.2) is 24.3 Å². The van der Waals surface area contributed by atoms with E-state index in [-0.39, 0.29) is 39.3 Å². The number of benzene rings is 1.